The summed E-state index contributed by atoms with van der Waals surface area (Å²) in [5, 5.41) is 20.2. The van der Waals surface area contributed by atoms with Gasteiger partial charge < -0.3 is 23.9 Å². The van der Waals surface area contributed by atoms with Crippen LogP contribution < -0.4 is 4.74 Å². The summed E-state index contributed by atoms with van der Waals surface area (Å²) in [6, 6.07) is 12.3. The van der Waals surface area contributed by atoms with Crippen LogP contribution in [0.25, 0.3) is 22.0 Å². The number of aliphatic carboxylic acids is 2. The number of fused-ring (bicyclic) bond motifs is 2. The molecular formula is C26H27N3O6. The minimum Gasteiger partial charge on any atom is -0.497 e. The van der Waals surface area contributed by atoms with Crippen LogP contribution in [-0.2, 0) is 16.1 Å². The normalized spacial score (nSPS) is 16.0. The molecular weight excluding hydrogens is 450 g/mol. The van der Waals surface area contributed by atoms with E-state index in [9.17, 15) is 14.7 Å². The zero-order valence-electron chi connectivity index (χ0n) is 19.4. The number of benzene rings is 2. The molecule has 35 heavy (non-hydrogen) atoms. The van der Waals surface area contributed by atoms with Gasteiger partial charge in [0.1, 0.15) is 17.3 Å². The van der Waals surface area contributed by atoms with Crippen molar-refractivity contribution in [2.45, 2.75) is 37.8 Å². The minimum atomic E-state index is -0.939. The summed E-state index contributed by atoms with van der Waals surface area (Å²) in [4.78, 5) is 30.3. The quantitative estimate of drug-likeness (QED) is 0.386. The second-order valence-corrected chi connectivity index (χ2v) is 8.88. The lowest BCUT2D eigenvalue weighted by atomic mass is 9.94. The molecule has 0 amide bonds. The summed E-state index contributed by atoms with van der Waals surface area (Å²) >= 11 is 0. The van der Waals surface area contributed by atoms with Gasteiger partial charge in [0, 0.05) is 48.2 Å². The van der Waals surface area contributed by atoms with E-state index in [4.69, 9.17) is 14.3 Å². The van der Waals surface area contributed by atoms with Gasteiger partial charge in [-0.25, -0.2) is 4.98 Å². The lowest BCUT2D eigenvalue weighted by molar-refractivity contribution is -0.144. The Balaban J connectivity index is 1.43. The first-order chi connectivity index (χ1) is 16.9. The molecule has 1 aliphatic heterocycles. The molecule has 1 fully saturated rings. The van der Waals surface area contributed by atoms with Crippen LogP contribution in [0.15, 0.2) is 53.1 Å². The number of carboxylic acids is 2. The topological polar surface area (TPSA) is 118 Å². The molecule has 1 saturated heterocycles. The largest absolute Gasteiger partial charge is 0.497 e. The molecule has 1 unspecified atom stereocenters. The Morgan fingerprint density at radius 3 is 2.63 bits per heavy atom. The van der Waals surface area contributed by atoms with Crippen molar-refractivity contribution in [2.24, 2.45) is 0 Å². The van der Waals surface area contributed by atoms with E-state index in [1.807, 2.05) is 45.9 Å². The van der Waals surface area contributed by atoms with E-state index < -0.39 is 18.0 Å². The van der Waals surface area contributed by atoms with Crippen molar-refractivity contribution in [1.29, 1.82) is 0 Å². The van der Waals surface area contributed by atoms with E-state index in [2.05, 4.69) is 4.98 Å². The molecule has 9 nitrogen and oxygen atoms in total. The van der Waals surface area contributed by atoms with Crippen molar-refractivity contribution in [2.75, 3.05) is 20.2 Å². The van der Waals surface area contributed by atoms with Crippen LogP contribution in [0, 0.1) is 0 Å². The number of carboxylic acid groups (broad SMARTS) is 2. The fraction of sp³-hybridized carbons (Fsp3) is 0.346. The smallest absolute Gasteiger partial charge is 0.325 e. The number of piperidine rings is 1. The first kappa shape index (κ1) is 22.9. The molecule has 0 saturated carbocycles. The Hall–Kier alpha value is -3.85. The molecule has 182 valence electrons. The fourth-order valence-corrected chi connectivity index (χ4v) is 5.00. The predicted octanol–water partition coefficient (Wildman–Crippen LogP) is 4.27. The Labute approximate surface area is 201 Å². The zero-order valence-corrected chi connectivity index (χ0v) is 19.4. The van der Waals surface area contributed by atoms with Crippen LogP contribution in [-0.4, -0.2) is 56.8 Å². The van der Waals surface area contributed by atoms with Gasteiger partial charge in [-0.2, -0.15) is 0 Å². The number of hydrogen-bond acceptors (Lipinski definition) is 6. The molecule has 2 aromatic heterocycles. The van der Waals surface area contributed by atoms with Crippen molar-refractivity contribution in [3.63, 3.8) is 0 Å². The molecule has 0 spiro atoms. The number of rotatable bonds is 8. The Morgan fingerprint density at radius 2 is 1.94 bits per heavy atom. The summed E-state index contributed by atoms with van der Waals surface area (Å²) < 4.78 is 13.2. The summed E-state index contributed by atoms with van der Waals surface area (Å²) in [6.07, 6.45) is 3.19. The molecule has 4 aromatic rings. The van der Waals surface area contributed by atoms with Gasteiger partial charge in [-0.3, -0.25) is 14.5 Å². The number of nitrogens with zero attached hydrogens (tertiary/aromatic N) is 3. The van der Waals surface area contributed by atoms with Crippen molar-refractivity contribution in [3.8, 4) is 5.75 Å². The Kier molecular flexibility index (Phi) is 6.17. The number of ether oxygens (including phenoxy) is 1. The number of aryl methyl sites for hydroxylation is 1. The van der Waals surface area contributed by atoms with E-state index in [-0.39, 0.29) is 18.9 Å². The van der Waals surface area contributed by atoms with Crippen LogP contribution in [0.3, 0.4) is 0 Å². The second kappa shape index (κ2) is 9.42. The fourth-order valence-electron chi connectivity index (χ4n) is 5.00. The monoisotopic (exact) mass is 477 g/mol. The third-order valence-corrected chi connectivity index (χ3v) is 6.77. The molecule has 2 aromatic carbocycles. The molecule has 1 atom stereocenters. The lowest BCUT2D eigenvalue weighted by Gasteiger charge is -2.34. The van der Waals surface area contributed by atoms with Crippen LogP contribution in [0.4, 0.5) is 0 Å². The van der Waals surface area contributed by atoms with Gasteiger partial charge in [0.2, 0.25) is 0 Å². The number of para-hydroxylation sites is 2. The number of hydrogen-bond donors (Lipinski definition) is 2. The number of aromatic nitrogens is 2. The summed E-state index contributed by atoms with van der Waals surface area (Å²) in [5.74, 6) is -0.394. The number of methoxy groups -OCH3 is 1. The Morgan fingerprint density at radius 1 is 1.17 bits per heavy atom. The van der Waals surface area contributed by atoms with Crippen molar-refractivity contribution < 1.29 is 29.0 Å². The van der Waals surface area contributed by atoms with Gasteiger partial charge in [-0.15, -0.1) is 0 Å². The highest BCUT2D eigenvalue weighted by Gasteiger charge is 2.35. The molecule has 0 bridgehead atoms. The minimum absolute atomic E-state index is 0.0527. The van der Waals surface area contributed by atoms with Crippen LogP contribution >= 0.6 is 0 Å². The molecule has 2 N–H and O–H groups in total. The zero-order chi connectivity index (χ0) is 24.5. The van der Waals surface area contributed by atoms with Gasteiger partial charge in [0.25, 0.3) is 0 Å². The van der Waals surface area contributed by atoms with Gasteiger partial charge in [0.15, 0.2) is 11.5 Å². The van der Waals surface area contributed by atoms with Gasteiger partial charge in [-0.05, 0) is 43.2 Å². The first-order valence-electron chi connectivity index (χ1n) is 11.7. The predicted molar refractivity (Wildman–Crippen MR) is 129 cm³/mol. The van der Waals surface area contributed by atoms with Gasteiger partial charge in [0.05, 0.1) is 13.5 Å². The number of likely N-dealkylation sites (tertiary alicyclic amines) is 1. The third-order valence-electron chi connectivity index (χ3n) is 6.77. The highest BCUT2D eigenvalue weighted by molar-refractivity contribution is 5.90. The van der Waals surface area contributed by atoms with Crippen LogP contribution in [0.2, 0.25) is 0 Å². The number of oxazole rings is 1. The number of carbonyl (C=O) groups is 2. The maximum Gasteiger partial charge on any atom is 0.325 e. The van der Waals surface area contributed by atoms with Crippen molar-refractivity contribution in [3.05, 3.63) is 60.1 Å². The van der Waals surface area contributed by atoms with E-state index in [0.717, 1.165) is 34.8 Å². The maximum absolute atomic E-state index is 12.5. The van der Waals surface area contributed by atoms with Crippen molar-refractivity contribution in [1.82, 2.24) is 14.5 Å². The van der Waals surface area contributed by atoms with E-state index in [0.29, 0.717) is 30.3 Å². The average molecular weight is 478 g/mol. The standard InChI is InChI=1S/C26H27N3O6/c1-34-17-6-7-21-18(14-17)19(15-29(21)13-10-23(30)31)24(26(32)33)28-11-8-16(9-12-28)25-27-20-4-2-3-5-22(20)35-25/h2-7,14-16,24H,8-13H2,1H3,(H,30,31)(H,32,33). The Bertz CT molecular complexity index is 1350. The molecule has 5 rings (SSSR count). The van der Waals surface area contributed by atoms with E-state index >= 15 is 0 Å². The molecule has 1 aliphatic rings. The molecule has 9 heteroatoms. The summed E-state index contributed by atoms with van der Waals surface area (Å²) in [6.45, 7) is 1.41. The van der Waals surface area contributed by atoms with Crippen LogP contribution in [0.5, 0.6) is 5.75 Å². The highest BCUT2D eigenvalue weighted by Crippen LogP contribution is 2.37. The third kappa shape index (κ3) is 4.46. The van der Waals surface area contributed by atoms with E-state index in [1.54, 1.807) is 19.4 Å². The average Bonchev–Trinajstić information content (AvgIpc) is 3.44. The van der Waals surface area contributed by atoms with E-state index in [1.165, 1.54) is 0 Å². The SMILES string of the molecule is COc1ccc2c(c1)c(C(C(=O)O)N1CCC(c3nc4ccccc4o3)CC1)cn2CCC(=O)O. The lowest BCUT2D eigenvalue weighted by Crippen LogP contribution is -2.39. The summed E-state index contributed by atoms with van der Waals surface area (Å²) in [5.41, 5.74) is 3.01. The second-order valence-electron chi connectivity index (χ2n) is 8.88. The molecule has 0 radical (unpaired) electrons. The maximum atomic E-state index is 12.5. The van der Waals surface area contributed by atoms with Crippen LogP contribution in [0.1, 0.15) is 42.7 Å². The first-order valence-corrected chi connectivity index (χ1v) is 11.7. The summed E-state index contributed by atoms with van der Waals surface area (Å²) in [7, 11) is 1.56. The molecule has 3 heterocycles. The highest BCUT2D eigenvalue weighted by atomic mass is 16.5. The molecule has 0 aliphatic carbocycles. The van der Waals surface area contributed by atoms with Gasteiger partial charge in [-0.1, -0.05) is 12.1 Å². The van der Waals surface area contributed by atoms with Gasteiger partial charge >= 0.3 is 11.9 Å². The van der Waals surface area contributed by atoms with Crippen molar-refractivity contribution >= 4 is 33.9 Å².